The lowest BCUT2D eigenvalue weighted by Crippen LogP contribution is -2.65. The topological polar surface area (TPSA) is 77.8 Å². The van der Waals surface area contributed by atoms with E-state index in [1.807, 2.05) is 11.0 Å². The molecule has 5 nitrogen and oxygen atoms in total. The number of nitrogens with zero attached hydrogens (tertiary/aromatic N) is 1. The van der Waals surface area contributed by atoms with Crippen LogP contribution in [0.3, 0.4) is 0 Å². The van der Waals surface area contributed by atoms with E-state index in [-0.39, 0.29) is 11.8 Å². The van der Waals surface area contributed by atoms with Crippen molar-refractivity contribution >= 4 is 11.8 Å². The molecule has 2 fully saturated rings. The molecule has 2 aliphatic heterocycles. The van der Waals surface area contributed by atoms with E-state index in [0.717, 1.165) is 6.42 Å². The van der Waals surface area contributed by atoms with E-state index in [1.165, 1.54) is 0 Å². The molecule has 21 heavy (non-hydrogen) atoms. The zero-order chi connectivity index (χ0) is 15.2. The van der Waals surface area contributed by atoms with Crippen LogP contribution in [0.1, 0.15) is 29.6 Å². The molecule has 4 unspecified atom stereocenters. The summed E-state index contributed by atoms with van der Waals surface area (Å²) in [5, 5.41) is 19.8. The smallest absolute Gasteiger partial charge is 0.311 e. The Balaban J connectivity index is 2.10. The van der Waals surface area contributed by atoms with Gasteiger partial charge in [0.15, 0.2) is 5.78 Å². The second-order valence-electron chi connectivity index (χ2n) is 6.04. The zero-order valence-electron chi connectivity index (χ0n) is 11.9. The lowest BCUT2D eigenvalue weighted by molar-refractivity contribution is -0.156. The van der Waals surface area contributed by atoms with Crippen molar-refractivity contribution in [1.82, 2.24) is 4.90 Å². The van der Waals surface area contributed by atoms with Crippen LogP contribution in [0.15, 0.2) is 30.3 Å². The molecule has 2 aliphatic rings. The van der Waals surface area contributed by atoms with Gasteiger partial charge in [-0.25, -0.2) is 0 Å². The molecule has 4 atom stereocenters. The fraction of sp³-hybridized carbons (Fsp3) is 0.500. The number of fused-ring (bicyclic) bond motifs is 2. The number of aliphatic hydroxyl groups is 1. The molecule has 0 aromatic heterocycles. The number of hydrogen-bond acceptors (Lipinski definition) is 4. The quantitative estimate of drug-likeness (QED) is 0.817. The van der Waals surface area contributed by atoms with Gasteiger partial charge in [-0.1, -0.05) is 30.3 Å². The number of aliphatic carboxylic acids is 1. The Morgan fingerprint density at radius 1 is 1.29 bits per heavy atom. The van der Waals surface area contributed by atoms with Crippen molar-refractivity contribution in [2.24, 2.45) is 5.92 Å². The standard InChI is InChI=1S/C16H19NO4/c1-17-11-7-8-16(17,13(15(20)21)12(18)9-11)14(19)10-5-3-2-4-6-10/h2-6,11-13,18H,7-9H2,1H3,(H,20,21). The van der Waals surface area contributed by atoms with Gasteiger partial charge in [0.2, 0.25) is 0 Å². The Labute approximate surface area is 123 Å². The molecule has 2 saturated heterocycles. The summed E-state index contributed by atoms with van der Waals surface area (Å²) in [5.74, 6) is -2.37. The third kappa shape index (κ3) is 1.92. The van der Waals surface area contributed by atoms with Gasteiger partial charge in [-0.3, -0.25) is 14.5 Å². The molecule has 112 valence electrons. The van der Waals surface area contributed by atoms with Gasteiger partial charge in [0.05, 0.1) is 6.10 Å². The minimum absolute atomic E-state index is 0.0725. The zero-order valence-corrected chi connectivity index (χ0v) is 11.9. The number of Topliss-reactive ketones (excluding diaryl/α,β-unsaturated/α-hetero) is 1. The van der Waals surface area contributed by atoms with Crippen LogP contribution in [-0.2, 0) is 4.79 Å². The molecule has 5 heteroatoms. The molecule has 0 spiro atoms. The first-order chi connectivity index (χ1) is 9.98. The Kier molecular flexibility index (Phi) is 3.34. The molecule has 0 aliphatic carbocycles. The van der Waals surface area contributed by atoms with Crippen LogP contribution >= 0.6 is 0 Å². The molecule has 1 aromatic carbocycles. The normalized spacial score (nSPS) is 35.6. The van der Waals surface area contributed by atoms with Crippen molar-refractivity contribution < 1.29 is 19.8 Å². The van der Waals surface area contributed by atoms with Gasteiger partial charge in [0, 0.05) is 11.6 Å². The minimum atomic E-state index is -1.13. The number of ketones is 1. The first-order valence-corrected chi connectivity index (χ1v) is 7.22. The van der Waals surface area contributed by atoms with Crippen LogP contribution in [0.5, 0.6) is 0 Å². The van der Waals surface area contributed by atoms with Gasteiger partial charge in [-0.15, -0.1) is 0 Å². The van der Waals surface area contributed by atoms with Gasteiger partial charge in [-0.05, 0) is 26.3 Å². The summed E-state index contributed by atoms with van der Waals surface area (Å²) in [6.45, 7) is 0. The first kappa shape index (κ1) is 14.2. The fourth-order valence-corrected chi connectivity index (χ4v) is 4.09. The molecular weight excluding hydrogens is 270 g/mol. The highest BCUT2D eigenvalue weighted by Gasteiger charge is 2.62. The third-order valence-corrected chi connectivity index (χ3v) is 5.14. The number of aliphatic hydroxyl groups excluding tert-OH is 1. The van der Waals surface area contributed by atoms with Crippen molar-refractivity contribution in [2.75, 3.05) is 7.05 Å². The van der Waals surface area contributed by atoms with Crippen LogP contribution < -0.4 is 0 Å². The monoisotopic (exact) mass is 289 g/mol. The van der Waals surface area contributed by atoms with E-state index >= 15 is 0 Å². The molecule has 2 N–H and O–H groups in total. The number of likely N-dealkylation sites (N-methyl/N-ethyl adjacent to an activating group) is 1. The minimum Gasteiger partial charge on any atom is -0.481 e. The Bertz CT molecular complexity index is 573. The van der Waals surface area contributed by atoms with E-state index < -0.39 is 23.5 Å². The molecule has 3 rings (SSSR count). The number of piperidine rings is 1. The second-order valence-corrected chi connectivity index (χ2v) is 6.04. The van der Waals surface area contributed by atoms with E-state index in [9.17, 15) is 19.8 Å². The average Bonchev–Trinajstić information content (AvgIpc) is 2.69. The van der Waals surface area contributed by atoms with Gasteiger partial charge in [-0.2, -0.15) is 0 Å². The van der Waals surface area contributed by atoms with Crippen molar-refractivity contribution in [3.63, 3.8) is 0 Å². The highest BCUT2D eigenvalue weighted by Crippen LogP contribution is 2.48. The predicted molar refractivity (Wildman–Crippen MR) is 76.0 cm³/mol. The van der Waals surface area contributed by atoms with Crippen molar-refractivity contribution in [2.45, 2.75) is 36.9 Å². The summed E-state index contributed by atoms with van der Waals surface area (Å²) in [6.07, 6.45) is 0.669. The fourth-order valence-electron chi connectivity index (χ4n) is 4.09. The molecule has 1 aromatic rings. The Morgan fingerprint density at radius 2 is 1.95 bits per heavy atom. The van der Waals surface area contributed by atoms with Crippen LogP contribution in [0.2, 0.25) is 0 Å². The van der Waals surface area contributed by atoms with Crippen LogP contribution in [0.25, 0.3) is 0 Å². The maximum Gasteiger partial charge on any atom is 0.311 e. The average molecular weight is 289 g/mol. The van der Waals surface area contributed by atoms with Crippen LogP contribution in [-0.4, -0.2) is 51.6 Å². The number of benzene rings is 1. The predicted octanol–water partition coefficient (Wildman–Crippen LogP) is 1.17. The SMILES string of the molecule is CN1C2CCC1(C(=O)c1ccccc1)C(C(=O)O)C(O)C2. The van der Waals surface area contributed by atoms with Crippen molar-refractivity contribution in [3.8, 4) is 0 Å². The van der Waals surface area contributed by atoms with Gasteiger partial charge in [0.25, 0.3) is 0 Å². The number of carbonyl (C=O) groups is 2. The summed E-state index contributed by atoms with van der Waals surface area (Å²) >= 11 is 0. The summed E-state index contributed by atoms with van der Waals surface area (Å²) in [7, 11) is 1.81. The van der Waals surface area contributed by atoms with Gasteiger partial charge < -0.3 is 10.2 Å². The number of carbonyl (C=O) groups excluding carboxylic acids is 1. The van der Waals surface area contributed by atoms with E-state index in [2.05, 4.69) is 0 Å². The number of hydrogen-bond donors (Lipinski definition) is 2. The maximum atomic E-state index is 13.0. The van der Waals surface area contributed by atoms with E-state index in [0.29, 0.717) is 18.4 Å². The molecule has 0 amide bonds. The molecule has 2 bridgehead atoms. The number of rotatable bonds is 3. The summed E-state index contributed by atoms with van der Waals surface area (Å²) in [4.78, 5) is 26.6. The van der Waals surface area contributed by atoms with Gasteiger partial charge >= 0.3 is 5.97 Å². The highest BCUT2D eigenvalue weighted by atomic mass is 16.4. The molecular formula is C16H19NO4. The summed E-state index contributed by atoms with van der Waals surface area (Å²) in [6, 6.07) is 8.84. The van der Waals surface area contributed by atoms with Crippen LogP contribution in [0, 0.1) is 5.92 Å². The lowest BCUT2D eigenvalue weighted by Gasteiger charge is -2.47. The molecule has 0 saturated carbocycles. The Morgan fingerprint density at radius 3 is 2.57 bits per heavy atom. The lowest BCUT2D eigenvalue weighted by atomic mass is 9.71. The largest absolute Gasteiger partial charge is 0.481 e. The first-order valence-electron chi connectivity index (χ1n) is 7.22. The van der Waals surface area contributed by atoms with Crippen molar-refractivity contribution in [3.05, 3.63) is 35.9 Å². The third-order valence-electron chi connectivity index (χ3n) is 5.14. The van der Waals surface area contributed by atoms with E-state index in [1.54, 1.807) is 31.3 Å². The summed E-state index contributed by atoms with van der Waals surface area (Å²) in [5.41, 5.74) is -0.624. The van der Waals surface area contributed by atoms with E-state index in [4.69, 9.17) is 0 Å². The Hall–Kier alpha value is -1.72. The second kappa shape index (κ2) is 4.93. The maximum absolute atomic E-state index is 13.0. The van der Waals surface area contributed by atoms with Crippen LogP contribution in [0.4, 0.5) is 0 Å². The number of carboxylic acid groups (broad SMARTS) is 1. The van der Waals surface area contributed by atoms with Crippen molar-refractivity contribution in [1.29, 1.82) is 0 Å². The number of carboxylic acids is 1. The molecule has 2 heterocycles. The van der Waals surface area contributed by atoms with Gasteiger partial charge in [0.1, 0.15) is 11.5 Å². The molecule has 0 radical (unpaired) electrons. The highest BCUT2D eigenvalue weighted by molar-refractivity contribution is 6.06. The summed E-state index contributed by atoms with van der Waals surface area (Å²) < 4.78 is 0.